The monoisotopic (exact) mass is 291 g/mol. The van der Waals surface area contributed by atoms with Crippen molar-refractivity contribution in [3.63, 3.8) is 0 Å². The number of benzene rings is 1. The fourth-order valence-electron chi connectivity index (χ4n) is 1.35. The number of rotatable bonds is 7. The number of anilines is 1. The van der Waals surface area contributed by atoms with E-state index >= 15 is 0 Å². The lowest BCUT2D eigenvalue weighted by Gasteiger charge is -2.12. The number of halogens is 3. The molecule has 4 nitrogen and oxygen atoms in total. The van der Waals surface area contributed by atoms with E-state index in [0.29, 0.717) is 18.0 Å². The first-order valence-electron chi connectivity index (χ1n) is 6.08. The van der Waals surface area contributed by atoms with E-state index in [-0.39, 0.29) is 0 Å². The minimum absolute atomic E-state index is 0.404. The van der Waals surface area contributed by atoms with Gasteiger partial charge in [0, 0.05) is 0 Å². The standard InChI is InChI=1S/C13H16F3NO3/c1-2-7-20-11-6-4-3-5-10(11)17-12(18)8-19-9-13(14,15)16/h3-6H,2,7-9H2,1H3,(H,17,18). The summed E-state index contributed by atoms with van der Waals surface area (Å²) in [5, 5.41) is 2.45. The Labute approximate surface area is 114 Å². The van der Waals surface area contributed by atoms with E-state index in [2.05, 4.69) is 10.1 Å². The van der Waals surface area contributed by atoms with Crippen LogP contribution in [0.1, 0.15) is 13.3 Å². The summed E-state index contributed by atoms with van der Waals surface area (Å²) in [4.78, 5) is 11.5. The van der Waals surface area contributed by atoms with Gasteiger partial charge in [-0.25, -0.2) is 0 Å². The molecule has 0 saturated heterocycles. The lowest BCUT2D eigenvalue weighted by Crippen LogP contribution is -2.24. The van der Waals surface area contributed by atoms with E-state index in [1.165, 1.54) is 0 Å². The second-order valence-corrected chi connectivity index (χ2v) is 4.00. The van der Waals surface area contributed by atoms with Crippen LogP contribution in [0.25, 0.3) is 0 Å². The lowest BCUT2D eigenvalue weighted by atomic mass is 10.3. The molecule has 1 rings (SSSR count). The number of carbonyl (C=O) groups is 1. The predicted molar refractivity (Wildman–Crippen MR) is 67.7 cm³/mol. The van der Waals surface area contributed by atoms with Crippen molar-refractivity contribution in [2.75, 3.05) is 25.1 Å². The van der Waals surface area contributed by atoms with Gasteiger partial charge in [-0.3, -0.25) is 4.79 Å². The number of carbonyl (C=O) groups excluding carboxylic acids is 1. The molecule has 1 amide bonds. The third-order valence-electron chi connectivity index (χ3n) is 2.12. The first kappa shape index (κ1) is 16.3. The van der Waals surface area contributed by atoms with Crippen molar-refractivity contribution < 1.29 is 27.4 Å². The molecule has 1 N–H and O–H groups in total. The Bertz CT molecular complexity index is 435. The van der Waals surface area contributed by atoms with Crippen LogP contribution in [0, 0.1) is 0 Å². The molecule has 1 aromatic rings. The Balaban J connectivity index is 2.49. The molecular formula is C13H16F3NO3. The van der Waals surface area contributed by atoms with Crippen LogP contribution >= 0.6 is 0 Å². The SMILES string of the molecule is CCCOc1ccccc1NC(=O)COCC(F)(F)F. The van der Waals surface area contributed by atoms with Crippen molar-refractivity contribution in [2.24, 2.45) is 0 Å². The molecule has 0 unspecified atom stereocenters. The van der Waals surface area contributed by atoms with Crippen LogP contribution in [0.15, 0.2) is 24.3 Å². The normalized spacial score (nSPS) is 11.2. The molecule has 0 heterocycles. The molecule has 20 heavy (non-hydrogen) atoms. The zero-order chi connectivity index (χ0) is 15.0. The molecule has 7 heteroatoms. The minimum atomic E-state index is -4.44. The fraction of sp³-hybridized carbons (Fsp3) is 0.462. The topological polar surface area (TPSA) is 47.6 Å². The van der Waals surface area contributed by atoms with Crippen LogP contribution in [0.2, 0.25) is 0 Å². The summed E-state index contributed by atoms with van der Waals surface area (Å²) in [5.41, 5.74) is 0.404. The number of ether oxygens (including phenoxy) is 2. The van der Waals surface area contributed by atoms with Gasteiger partial charge in [-0.15, -0.1) is 0 Å². The highest BCUT2D eigenvalue weighted by Crippen LogP contribution is 2.23. The highest BCUT2D eigenvalue weighted by Gasteiger charge is 2.27. The Morgan fingerprint density at radius 2 is 2.00 bits per heavy atom. The van der Waals surface area contributed by atoms with Gasteiger partial charge in [0.1, 0.15) is 19.0 Å². The summed E-state index contributed by atoms with van der Waals surface area (Å²) in [6.07, 6.45) is -3.64. The first-order chi connectivity index (χ1) is 9.42. The summed E-state index contributed by atoms with van der Waals surface area (Å²) in [5.74, 6) is -0.194. The van der Waals surface area contributed by atoms with Crippen LogP contribution < -0.4 is 10.1 Å². The number of hydrogen-bond acceptors (Lipinski definition) is 3. The van der Waals surface area contributed by atoms with Crippen molar-refractivity contribution >= 4 is 11.6 Å². The lowest BCUT2D eigenvalue weighted by molar-refractivity contribution is -0.174. The summed E-state index contributed by atoms with van der Waals surface area (Å²) < 4.78 is 45.3. The fourth-order valence-corrected chi connectivity index (χ4v) is 1.35. The second-order valence-electron chi connectivity index (χ2n) is 4.00. The molecule has 0 fully saturated rings. The largest absolute Gasteiger partial charge is 0.491 e. The van der Waals surface area contributed by atoms with Crippen LogP contribution in [0.3, 0.4) is 0 Å². The molecule has 0 aromatic heterocycles. The third-order valence-corrected chi connectivity index (χ3v) is 2.12. The highest BCUT2D eigenvalue weighted by molar-refractivity contribution is 5.93. The molecule has 0 aliphatic heterocycles. The summed E-state index contributed by atoms with van der Waals surface area (Å²) >= 11 is 0. The third kappa shape index (κ3) is 6.42. The van der Waals surface area contributed by atoms with E-state index in [9.17, 15) is 18.0 Å². The van der Waals surface area contributed by atoms with Crippen LogP contribution in [0.5, 0.6) is 5.75 Å². The number of amides is 1. The number of nitrogens with one attached hydrogen (secondary N) is 1. The molecular weight excluding hydrogens is 275 g/mol. The van der Waals surface area contributed by atoms with Gasteiger partial charge in [-0.2, -0.15) is 13.2 Å². The summed E-state index contributed by atoms with van der Waals surface area (Å²) in [6.45, 7) is 0.305. The number of para-hydroxylation sites is 2. The maximum Gasteiger partial charge on any atom is 0.411 e. The first-order valence-corrected chi connectivity index (χ1v) is 6.08. The van der Waals surface area contributed by atoms with E-state index < -0.39 is 25.3 Å². The van der Waals surface area contributed by atoms with Crippen molar-refractivity contribution in [2.45, 2.75) is 19.5 Å². The molecule has 112 valence electrons. The number of alkyl halides is 3. The maximum absolute atomic E-state index is 11.9. The molecule has 0 spiro atoms. The highest BCUT2D eigenvalue weighted by atomic mass is 19.4. The van der Waals surface area contributed by atoms with Gasteiger partial charge < -0.3 is 14.8 Å². The summed E-state index contributed by atoms with van der Waals surface area (Å²) in [7, 11) is 0. The van der Waals surface area contributed by atoms with Crippen LogP contribution in [-0.2, 0) is 9.53 Å². The molecule has 0 aliphatic carbocycles. The van der Waals surface area contributed by atoms with Gasteiger partial charge in [0.05, 0.1) is 12.3 Å². The van der Waals surface area contributed by atoms with Crippen molar-refractivity contribution in [3.8, 4) is 5.75 Å². The zero-order valence-electron chi connectivity index (χ0n) is 11.0. The van der Waals surface area contributed by atoms with E-state index in [1.807, 2.05) is 6.92 Å². The molecule has 0 bridgehead atoms. The minimum Gasteiger partial charge on any atom is -0.491 e. The van der Waals surface area contributed by atoms with E-state index in [1.54, 1.807) is 24.3 Å². The average molecular weight is 291 g/mol. The Kier molecular flexibility index (Phi) is 6.30. The maximum atomic E-state index is 11.9. The van der Waals surface area contributed by atoms with E-state index in [0.717, 1.165) is 6.42 Å². The Hall–Kier alpha value is -1.76. The number of hydrogen-bond donors (Lipinski definition) is 1. The summed E-state index contributed by atoms with van der Waals surface area (Å²) in [6, 6.07) is 6.69. The van der Waals surface area contributed by atoms with Crippen LogP contribution in [-0.4, -0.2) is 31.9 Å². The van der Waals surface area contributed by atoms with Gasteiger partial charge in [0.15, 0.2) is 0 Å². The quantitative estimate of drug-likeness (QED) is 0.840. The van der Waals surface area contributed by atoms with E-state index in [4.69, 9.17) is 4.74 Å². The average Bonchev–Trinajstić information content (AvgIpc) is 2.36. The molecule has 0 saturated carbocycles. The molecule has 0 aliphatic rings. The molecule has 0 atom stereocenters. The van der Waals surface area contributed by atoms with Crippen molar-refractivity contribution in [3.05, 3.63) is 24.3 Å². The predicted octanol–water partition coefficient (Wildman–Crippen LogP) is 2.99. The second kappa shape index (κ2) is 7.74. The van der Waals surface area contributed by atoms with Gasteiger partial charge in [-0.1, -0.05) is 19.1 Å². The Morgan fingerprint density at radius 1 is 1.30 bits per heavy atom. The molecule has 1 aromatic carbocycles. The van der Waals surface area contributed by atoms with Gasteiger partial charge >= 0.3 is 6.18 Å². The van der Waals surface area contributed by atoms with Crippen LogP contribution in [0.4, 0.5) is 18.9 Å². The van der Waals surface area contributed by atoms with Crippen molar-refractivity contribution in [1.82, 2.24) is 0 Å². The Morgan fingerprint density at radius 3 is 2.65 bits per heavy atom. The van der Waals surface area contributed by atoms with Gasteiger partial charge in [0.25, 0.3) is 0 Å². The van der Waals surface area contributed by atoms with Crippen molar-refractivity contribution in [1.29, 1.82) is 0 Å². The van der Waals surface area contributed by atoms with Gasteiger partial charge in [0.2, 0.25) is 5.91 Å². The zero-order valence-corrected chi connectivity index (χ0v) is 11.0. The smallest absolute Gasteiger partial charge is 0.411 e. The molecule has 0 radical (unpaired) electrons. The van der Waals surface area contributed by atoms with Gasteiger partial charge in [-0.05, 0) is 18.6 Å².